The maximum Gasteiger partial charge on any atom is 0.250 e. The molecule has 0 atom stereocenters. The van der Waals surface area contributed by atoms with E-state index in [-0.39, 0.29) is 5.91 Å². The Kier molecular flexibility index (Phi) is 5.49. The minimum absolute atomic E-state index is 0.204. The number of thiazole rings is 1. The van der Waals surface area contributed by atoms with E-state index >= 15 is 0 Å². The zero-order valence-corrected chi connectivity index (χ0v) is 15.8. The van der Waals surface area contributed by atoms with Gasteiger partial charge < -0.3 is 4.74 Å². The van der Waals surface area contributed by atoms with Crippen LogP contribution in [0.1, 0.15) is 16.0 Å². The van der Waals surface area contributed by atoms with Crippen molar-refractivity contribution in [2.45, 2.75) is 13.8 Å². The predicted octanol–water partition coefficient (Wildman–Crippen LogP) is 5.09. The van der Waals surface area contributed by atoms with Gasteiger partial charge in [0.15, 0.2) is 5.13 Å². The lowest BCUT2D eigenvalue weighted by Crippen LogP contribution is -2.07. The SMILES string of the molecule is COc1ccc(/C=C/C(=O)Nc2nc(-c3ccc(C)cc3)c(C)s2)cc1. The molecule has 2 aromatic carbocycles. The Hall–Kier alpha value is -2.92. The van der Waals surface area contributed by atoms with Gasteiger partial charge >= 0.3 is 0 Å². The van der Waals surface area contributed by atoms with Crippen molar-refractivity contribution in [3.05, 3.63) is 70.6 Å². The first-order chi connectivity index (χ1) is 12.5. The number of aromatic nitrogens is 1. The number of anilines is 1. The van der Waals surface area contributed by atoms with Crippen molar-refractivity contribution < 1.29 is 9.53 Å². The van der Waals surface area contributed by atoms with Crippen LogP contribution in [0, 0.1) is 13.8 Å². The minimum Gasteiger partial charge on any atom is -0.497 e. The number of nitrogens with zero attached hydrogens (tertiary/aromatic N) is 1. The van der Waals surface area contributed by atoms with Crippen molar-refractivity contribution in [3.63, 3.8) is 0 Å². The monoisotopic (exact) mass is 364 g/mol. The van der Waals surface area contributed by atoms with Gasteiger partial charge in [-0.2, -0.15) is 0 Å². The first-order valence-corrected chi connectivity index (χ1v) is 9.04. The number of amides is 1. The second-order valence-electron chi connectivity index (χ2n) is 5.89. The highest BCUT2D eigenvalue weighted by Crippen LogP contribution is 2.30. The van der Waals surface area contributed by atoms with E-state index < -0.39 is 0 Å². The van der Waals surface area contributed by atoms with Crippen molar-refractivity contribution in [2.24, 2.45) is 0 Å². The van der Waals surface area contributed by atoms with Crippen LogP contribution in [0.25, 0.3) is 17.3 Å². The summed E-state index contributed by atoms with van der Waals surface area (Å²) in [6.07, 6.45) is 3.26. The molecular weight excluding hydrogens is 344 g/mol. The van der Waals surface area contributed by atoms with Gasteiger partial charge in [0.25, 0.3) is 0 Å². The van der Waals surface area contributed by atoms with Gasteiger partial charge in [0.2, 0.25) is 5.91 Å². The van der Waals surface area contributed by atoms with Gasteiger partial charge in [-0.05, 0) is 37.6 Å². The number of benzene rings is 2. The van der Waals surface area contributed by atoms with Crippen LogP contribution in [-0.4, -0.2) is 18.0 Å². The molecule has 0 fully saturated rings. The molecule has 0 saturated heterocycles. The van der Waals surface area contributed by atoms with E-state index in [1.165, 1.54) is 23.0 Å². The molecule has 3 rings (SSSR count). The smallest absolute Gasteiger partial charge is 0.250 e. The first kappa shape index (κ1) is 17.9. The van der Waals surface area contributed by atoms with Crippen molar-refractivity contribution in [1.82, 2.24) is 4.98 Å². The van der Waals surface area contributed by atoms with Gasteiger partial charge in [0, 0.05) is 16.5 Å². The van der Waals surface area contributed by atoms with Crippen LogP contribution in [0.4, 0.5) is 5.13 Å². The lowest BCUT2D eigenvalue weighted by Gasteiger charge is -2.00. The molecule has 0 aliphatic carbocycles. The topological polar surface area (TPSA) is 51.2 Å². The van der Waals surface area contributed by atoms with Gasteiger partial charge in [-0.25, -0.2) is 4.98 Å². The number of methoxy groups -OCH3 is 1. The molecule has 1 heterocycles. The van der Waals surface area contributed by atoms with E-state index in [2.05, 4.69) is 29.4 Å². The summed E-state index contributed by atoms with van der Waals surface area (Å²) in [4.78, 5) is 17.8. The summed E-state index contributed by atoms with van der Waals surface area (Å²) in [5, 5.41) is 3.43. The Morgan fingerprint density at radius 1 is 1.08 bits per heavy atom. The Balaban J connectivity index is 1.68. The molecule has 1 N–H and O–H groups in total. The average molecular weight is 364 g/mol. The molecule has 0 radical (unpaired) electrons. The van der Waals surface area contributed by atoms with E-state index in [0.717, 1.165) is 27.4 Å². The summed E-state index contributed by atoms with van der Waals surface area (Å²) >= 11 is 1.47. The summed E-state index contributed by atoms with van der Waals surface area (Å²) in [6, 6.07) is 15.7. The zero-order valence-electron chi connectivity index (χ0n) is 14.9. The number of hydrogen-bond donors (Lipinski definition) is 1. The molecule has 5 heteroatoms. The highest BCUT2D eigenvalue weighted by molar-refractivity contribution is 7.16. The Bertz CT molecular complexity index is 926. The number of hydrogen-bond acceptors (Lipinski definition) is 4. The van der Waals surface area contributed by atoms with Crippen molar-refractivity contribution >= 4 is 28.5 Å². The van der Waals surface area contributed by atoms with Crippen molar-refractivity contribution in [3.8, 4) is 17.0 Å². The Labute approximate surface area is 157 Å². The Morgan fingerprint density at radius 2 is 1.77 bits per heavy atom. The predicted molar refractivity (Wildman–Crippen MR) is 108 cm³/mol. The number of rotatable bonds is 5. The summed E-state index contributed by atoms with van der Waals surface area (Å²) in [5.41, 5.74) is 4.10. The van der Waals surface area contributed by atoms with E-state index in [4.69, 9.17) is 4.74 Å². The summed E-state index contributed by atoms with van der Waals surface area (Å²) in [6.45, 7) is 4.06. The van der Waals surface area contributed by atoms with Gasteiger partial charge in [0.05, 0.1) is 12.8 Å². The van der Waals surface area contributed by atoms with Gasteiger partial charge in [-0.15, -0.1) is 11.3 Å². The standard InChI is InChI=1S/C21H20N2O2S/c1-14-4-9-17(10-5-14)20-15(2)26-21(23-20)22-19(24)13-8-16-6-11-18(25-3)12-7-16/h4-13H,1-3H3,(H,22,23,24)/b13-8+. The van der Waals surface area contributed by atoms with Crippen LogP contribution in [0.2, 0.25) is 0 Å². The molecule has 0 spiro atoms. The number of aryl methyl sites for hydroxylation is 2. The van der Waals surface area contributed by atoms with Gasteiger partial charge in [-0.3, -0.25) is 10.1 Å². The van der Waals surface area contributed by atoms with Crippen molar-refractivity contribution in [2.75, 3.05) is 12.4 Å². The fourth-order valence-electron chi connectivity index (χ4n) is 2.46. The molecule has 132 valence electrons. The normalized spacial score (nSPS) is 10.9. The summed E-state index contributed by atoms with van der Waals surface area (Å²) < 4.78 is 5.12. The van der Waals surface area contributed by atoms with Crippen LogP contribution in [0.15, 0.2) is 54.6 Å². The van der Waals surface area contributed by atoms with Crippen molar-refractivity contribution in [1.29, 1.82) is 0 Å². The third-order valence-corrected chi connectivity index (χ3v) is 4.78. The van der Waals surface area contributed by atoms with Gasteiger partial charge in [0.1, 0.15) is 5.75 Å². The van der Waals surface area contributed by atoms with E-state index in [9.17, 15) is 4.79 Å². The molecule has 0 saturated carbocycles. The summed E-state index contributed by atoms with van der Waals surface area (Å²) in [7, 11) is 1.62. The molecule has 1 aromatic heterocycles. The third-order valence-electron chi connectivity index (χ3n) is 3.89. The number of nitrogens with one attached hydrogen (secondary N) is 1. The molecular formula is C21H20N2O2S. The van der Waals surface area contributed by atoms with Crippen LogP contribution >= 0.6 is 11.3 Å². The second kappa shape index (κ2) is 7.97. The molecule has 0 aliphatic rings. The molecule has 3 aromatic rings. The minimum atomic E-state index is -0.204. The van der Waals surface area contributed by atoms with Crippen LogP contribution in [-0.2, 0) is 4.79 Å². The van der Waals surface area contributed by atoms with E-state index in [1.807, 2.05) is 43.3 Å². The van der Waals surface area contributed by atoms with Crippen LogP contribution in [0.3, 0.4) is 0 Å². The lowest BCUT2D eigenvalue weighted by atomic mass is 10.1. The fourth-order valence-corrected chi connectivity index (χ4v) is 3.30. The highest BCUT2D eigenvalue weighted by atomic mass is 32.1. The van der Waals surface area contributed by atoms with Crippen LogP contribution < -0.4 is 10.1 Å². The van der Waals surface area contributed by atoms with Crippen LogP contribution in [0.5, 0.6) is 5.75 Å². The fraction of sp³-hybridized carbons (Fsp3) is 0.143. The maximum absolute atomic E-state index is 12.2. The maximum atomic E-state index is 12.2. The molecule has 4 nitrogen and oxygen atoms in total. The largest absolute Gasteiger partial charge is 0.497 e. The molecule has 26 heavy (non-hydrogen) atoms. The zero-order chi connectivity index (χ0) is 18.5. The molecule has 0 aliphatic heterocycles. The highest BCUT2D eigenvalue weighted by Gasteiger charge is 2.11. The third kappa shape index (κ3) is 4.37. The molecule has 1 amide bonds. The number of carbonyl (C=O) groups is 1. The second-order valence-corrected chi connectivity index (χ2v) is 7.09. The quantitative estimate of drug-likeness (QED) is 0.642. The van der Waals surface area contributed by atoms with E-state index in [0.29, 0.717) is 5.13 Å². The first-order valence-electron chi connectivity index (χ1n) is 8.23. The van der Waals surface area contributed by atoms with E-state index in [1.54, 1.807) is 13.2 Å². The molecule has 0 unspecified atom stereocenters. The number of carbonyl (C=O) groups excluding carboxylic acids is 1. The molecule has 0 bridgehead atoms. The Morgan fingerprint density at radius 3 is 2.42 bits per heavy atom. The summed E-state index contributed by atoms with van der Waals surface area (Å²) in [5.74, 6) is 0.582. The average Bonchev–Trinajstić information content (AvgIpc) is 3.01. The number of ether oxygens (including phenoxy) is 1. The van der Waals surface area contributed by atoms with Gasteiger partial charge in [-0.1, -0.05) is 42.0 Å². The lowest BCUT2D eigenvalue weighted by molar-refractivity contribution is -0.111.